The molecule has 0 aliphatic heterocycles. The van der Waals surface area contributed by atoms with Crippen LogP contribution in [0.1, 0.15) is 17.5 Å². The molecule has 1 amide bonds. The highest BCUT2D eigenvalue weighted by Crippen LogP contribution is 2.29. The molecule has 0 fully saturated rings. The van der Waals surface area contributed by atoms with E-state index in [4.69, 9.17) is 10.00 Å². The van der Waals surface area contributed by atoms with Crippen LogP contribution in [0.5, 0.6) is 11.5 Å². The third-order valence-electron chi connectivity index (χ3n) is 4.36. The quantitative estimate of drug-likeness (QED) is 0.604. The lowest BCUT2D eigenvalue weighted by atomic mass is 10.1. The number of nitrogens with zero attached hydrogens (tertiary/aromatic N) is 2. The van der Waals surface area contributed by atoms with Crippen molar-refractivity contribution in [2.45, 2.75) is 13.0 Å². The largest absolute Gasteiger partial charge is 0.455 e. The molecule has 0 unspecified atom stereocenters. The molecule has 0 heterocycles. The van der Waals surface area contributed by atoms with Crippen LogP contribution in [0.15, 0.2) is 78.9 Å². The van der Waals surface area contributed by atoms with Crippen molar-refractivity contribution in [1.29, 1.82) is 5.26 Å². The number of hydrogen-bond acceptors (Lipinski definition) is 4. The molecule has 0 atom stereocenters. The van der Waals surface area contributed by atoms with Crippen LogP contribution in [0.25, 0.3) is 0 Å². The summed E-state index contributed by atoms with van der Waals surface area (Å²) in [5, 5.41) is 11.9. The first-order chi connectivity index (χ1) is 14.1. The Morgan fingerprint density at radius 2 is 1.79 bits per heavy atom. The molecule has 0 aliphatic rings. The SMILES string of the molecule is CN(CCC(=O)Nc1ccccc1Oc1ccccc1)Cc1cccc(C#N)c1. The Kier molecular flexibility index (Phi) is 6.99. The molecule has 0 saturated carbocycles. The van der Waals surface area contributed by atoms with Crippen LogP contribution in [0, 0.1) is 11.3 Å². The summed E-state index contributed by atoms with van der Waals surface area (Å²) in [4.78, 5) is 14.5. The number of carbonyl (C=O) groups is 1. The zero-order valence-electron chi connectivity index (χ0n) is 16.3. The highest BCUT2D eigenvalue weighted by molar-refractivity contribution is 5.92. The highest BCUT2D eigenvalue weighted by Gasteiger charge is 2.10. The van der Waals surface area contributed by atoms with Crippen LogP contribution < -0.4 is 10.1 Å². The Morgan fingerprint density at radius 3 is 2.59 bits per heavy atom. The van der Waals surface area contributed by atoms with Crippen molar-refractivity contribution < 1.29 is 9.53 Å². The maximum atomic E-state index is 12.4. The number of hydrogen-bond donors (Lipinski definition) is 1. The van der Waals surface area contributed by atoms with E-state index < -0.39 is 0 Å². The monoisotopic (exact) mass is 385 g/mol. The number of benzene rings is 3. The molecule has 0 radical (unpaired) electrons. The molecule has 3 aromatic rings. The van der Waals surface area contributed by atoms with Gasteiger partial charge in [-0.25, -0.2) is 0 Å². The van der Waals surface area contributed by atoms with Crippen molar-refractivity contribution in [2.75, 3.05) is 18.9 Å². The van der Waals surface area contributed by atoms with Crippen molar-refractivity contribution in [2.24, 2.45) is 0 Å². The van der Waals surface area contributed by atoms with Crippen LogP contribution in [-0.4, -0.2) is 24.4 Å². The molecule has 3 aromatic carbocycles. The maximum absolute atomic E-state index is 12.4. The van der Waals surface area contributed by atoms with Crippen molar-refractivity contribution in [3.8, 4) is 17.6 Å². The summed E-state index contributed by atoms with van der Waals surface area (Å²) < 4.78 is 5.89. The summed E-state index contributed by atoms with van der Waals surface area (Å²) in [6, 6.07) is 26.5. The van der Waals surface area contributed by atoms with Gasteiger partial charge in [-0.1, -0.05) is 42.5 Å². The van der Waals surface area contributed by atoms with E-state index in [1.807, 2.05) is 79.8 Å². The van der Waals surface area contributed by atoms with Gasteiger partial charge in [0.2, 0.25) is 5.91 Å². The first-order valence-electron chi connectivity index (χ1n) is 9.43. The minimum absolute atomic E-state index is 0.0771. The minimum Gasteiger partial charge on any atom is -0.455 e. The van der Waals surface area contributed by atoms with Crippen LogP contribution in [0.3, 0.4) is 0 Å². The average Bonchev–Trinajstić information content (AvgIpc) is 2.74. The van der Waals surface area contributed by atoms with Gasteiger partial charge < -0.3 is 15.0 Å². The summed E-state index contributed by atoms with van der Waals surface area (Å²) in [7, 11) is 1.96. The van der Waals surface area contributed by atoms with Gasteiger partial charge in [0.05, 0.1) is 17.3 Å². The van der Waals surface area contributed by atoms with E-state index in [-0.39, 0.29) is 5.91 Å². The number of nitriles is 1. The van der Waals surface area contributed by atoms with Crippen LogP contribution in [-0.2, 0) is 11.3 Å². The molecule has 3 rings (SSSR count). The first kappa shape index (κ1) is 20.1. The van der Waals surface area contributed by atoms with Crippen LogP contribution in [0.2, 0.25) is 0 Å². The average molecular weight is 385 g/mol. The number of rotatable bonds is 8. The third-order valence-corrected chi connectivity index (χ3v) is 4.36. The summed E-state index contributed by atoms with van der Waals surface area (Å²) in [6.45, 7) is 1.28. The molecular formula is C24H23N3O2. The van der Waals surface area contributed by atoms with Crippen molar-refractivity contribution in [3.05, 3.63) is 90.0 Å². The lowest BCUT2D eigenvalue weighted by molar-refractivity contribution is -0.116. The van der Waals surface area contributed by atoms with E-state index in [1.165, 1.54) is 0 Å². The van der Waals surface area contributed by atoms with E-state index in [0.29, 0.717) is 42.3 Å². The Hall–Kier alpha value is -3.62. The molecule has 1 N–H and O–H groups in total. The maximum Gasteiger partial charge on any atom is 0.225 e. The number of ether oxygens (including phenoxy) is 1. The van der Waals surface area contributed by atoms with Crippen LogP contribution >= 0.6 is 0 Å². The van der Waals surface area contributed by atoms with Gasteiger partial charge in [-0.15, -0.1) is 0 Å². The summed E-state index contributed by atoms with van der Waals surface area (Å²) >= 11 is 0. The second-order valence-corrected chi connectivity index (χ2v) is 6.76. The zero-order valence-corrected chi connectivity index (χ0v) is 16.3. The standard InChI is InChI=1S/C24H23N3O2/c1-27(18-20-9-7-8-19(16-20)17-25)15-14-24(28)26-22-12-5-6-13-23(22)29-21-10-3-2-4-11-21/h2-13,16H,14-15,18H2,1H3,(H,26,28). The van der Waals surface area contributed by atoms with Crippen molar-refractivity contribution in [3.63, 3.8) is 0 Å². The molecule has 29 heavy (non-hydrogen) atoms. The van der Waals surface area contributed by atoms with E-state index in [1.54, 1.807) is 6.07 Å². The summed E-state index contributed by atoms with van der Waals surface area (Å²) in [5.74, 6) is 1.24. The Bertz CT molecular complexity index is 996. The molecule has 146 valence electrons. The van der Waals surface area contributed by atoms with E-state index in [9.17, 15) is 4.79 Å². The number of amides is 1. The third kappa shape index (κ3) is 6.20. The van der Waals surface area contributed by atoms with Crippen molar-refractivity contribution >= 4 is 11.6 Å². The smallest absolute Gasteiger partial charge is 0.225 e. The highest BCUT2D eigenvalue weighted by atomic mass is 16.5. The van der Waals surface area contributed by atoms with Gasteiger partial charge >= 0.3 is 0 Å². The molecular weight excluding hydrogens is 362 g/mol. The summed E-state index contributed by atoms with van der Waals surface area (Å²) in [5.41, 5.74) is 2.34. The zero-order chi connectivity index (χ0) is 20.5. The fraction of sp³-hybridized carbons (Fsp3) is 0.167. The Labute approximate surface area is 171 Å². The van der Waals surface area contributed by atoms with Gasteiger partial charge in [-0.05, 0) is 49.0 Å². The fourth-order valence-electron chi connectivity index (χ4n) is 2.91. The molecule has 5 nitrogen and oxygen atoms in total. The number of nitrogens with one attached hydrogen (secondary N) is 1. The van der Waals surface area contributed by atoms with Gasteiger partial charge in [-0.3, -0.25) is 4.79 Å². The lowest BCUT2D eigenvalue weighted by Crippen LogP contribution is -2.24. The van der Waals surface area contributed by atoms with Gasteiger partial charge in [0.1, 0.15) is 5.75 Å². The lowest BCUT2D eigenvalue weighted by Gasteiger charge is -2.17. The Balaban J connectivity index is 1.53. The second-order valence-electron chi connectivity index (χ2n) is 6.76. The predicted molar refractivity (Wildman–Crippen MR) is 114 cm³/mol. The Morgan fingerprint density at radius 1 is 1.03 bits per heavy atom. The van der Waals surface area contributed by atoms with E-state index in [2.05, 4.69) is 16.3 Å². The molecule has 0 bridgehead atoms. The molecule has 5 heteroatoms. The minimum atomic E-state index is -0.0771. The number of anilines is 1. The van der Waals surface area contributed by atoms with Gasteiger partial charge in [0.25, 0.3) is 0 Å². The second kappa shape index (κ2) is 10.1. The first-order valence-corrected chi connectivity index (χ1v) is 9.43. The normalized spacial score (nSPS) is 10.4. The van der Waals surface area contributed by atoms with E-state index in [0.717, 1.165) is 5.56 Å². The summed E-state index contributed by atoms with van der Waals surface area (Å²) in [6.07, 6.45) is 0.355. The topological polar surface area (TPSA) is 65.4 Å². The fourth-order valence-corrected chi connectivity index (χ4v) is 2.91. The van der Waals surface area contributed by atoms with E-state index >= 15 is 0 Å². The molecule has 0 aromatic heterocycles. The van der Waals surface area contributed by atoms with Crippen molar-refractivity contribution in [1.82, 2.24) is 4.90 Å². The van der Waals surface area contributed by atoms with Gasteiger partial charge in [0.15, 0.2) is 5.75 Å². The molecule has 0 spiro atoms. The number of carbonyl (C=O) groups excluding carboxylic acids is 1. The van der Waals surface area contributed by atoms with Gasteiger partial charge in [-0.2, -0.15) is 5.26 Å². The number of para-hydroxylation sites is 3. The predicted octanol–water partition coefficient (Wildman–Crippen LogP) is 4.81. The molecule has 0 saturated heterocycles. The molecule has 0 aliphatic carbocycles. The van der Waals surface area contributed by atoms with Crippen LogP contribution in [0.4, 0.5) is 5.69 Å². The van der Waals surface area contributed by atoms with Gasteiger partial charge in [0, 0.05) is 19.5 Å².